The van der Waals surface area contributed by atoms with E-state index in [1.807, 2.05) is 4.68 Å². The number of amides is 1. The molecule has 0 bridgehead atoms. The highest BCUT2D eigenvalue weighted by Crippen LogP contribution is 2.28. The first-order valence-electron chi connectivity index (χ1n) is 6.84. The molecule has 1 aliphatic carbocycles. The van der Waals surface area contributed by atoms with Gasteiger partial charge in [-0.25, -0.2) is 4.68 Å². The fourth-order valence-corrected chi connectivity index (χ4v) is 2.27. The Morgan fingerprint density at radius 1 is 1.55 bits per heavy atom. The Morgan fingerprint density at radius 2 is 2.40 bits per heavy atom. The maximum absolute atomic E-state index is 12.1. The van der Waals surface area contributed by atoms with Gasteiger partial charge in [-0.05, 0) is 24.8 Å². The second-order valence-electron chi connectivity index (χ2n) is 5.13. The zero-order chi connectivity index (χ0) is 13.9. The Morgan fingerprint density at radius 3 is 3.05 bits per heavy atom. The lowest BCUT2D eigenvalue weighted by Crippen LogP contribution is -2.22. The Kier molecular flexibility index (Phi) is 3.51. The van der Waals surface area contributed by atoms with Crippen LogP contribution in [0.2, 0.25) is 0 Å². The molecule has 0 aromatic carbocycles. The summed E-state index contributed by atoms with van der Waals surface area (Å²) in [4.78, 5) is 12.1. The number of carbonyl (C=O) groups excluding carboxylic acids is 1. The second-order valence-corrected chi connectivity index (χ2v) is 5.13. The van der Waals surface area contributed by atoms with Crippen LogP contribution in [-0.2, 0) is 13.1 Å². The third-order valence-corrected chi connectivity index (χ3v) is 3.70. The number of nitrogens with zero attached hydrogens (tertiary/aromatic N) is 3. The fraction of sp³-hybridized carbons (Fsp3) is 0.462. The minimum atomic E-state index is -0.253. The van der Waals surface area contributed by atoms with Crippen molar-refractivity contribution in [2.45, 2.75) is 32.4 Å². The van der Waals surface area contributed by atoms with Crippen LogP contribution in [-0.4, -0.2) is 25.9 Å². The van der Waals surface area contributed by atoms with Crippen LogP contribution in [0.15, 0.2) is 18.3 Å². The molecule has 1 fully saturated rings. The summed E-state index contributed by atoms with van der Waals surface area (Å²) in [6.07, 6.45) is 5.48. The van der Waals surface area contributed by atoms with Crippen molar-refractivity contribution < 1.29 is 4.79 Å². The monoisotopic (exact) mass is 274 g/mol. The number of hydrogen-bond acceptors (Lipinski definition) is 4. The van der Waals surface area contributed by atoms with Crippen molar-refractivity contribution in [3.05, 3.63) is 29.7 Å². The van der Waals surface area contributed by atoms with Gasteiger partial charge in [0.15, 0.2) is 5.69 Å². The predicted octanol–water partition coefficient (Wildman–Crippen LogP) is 1.12. The summed E-state index contributed by atoms with van der Waals surface area (Å²) in [6.45, 7) is 1.19. The molecule has 0 spiro atoms. The van der Waals surface area contributed by atoms with E-state index in [1.54, 1.807) is 18.3 Å². The number of aromatic amines is 1. The summed E-state index contributed by atoms with van der Waals surface area (Å²) in [5.41, 5.74) is 6.55. The number of H-pyrrole nitrogens is 1. The van der Waals surface area contributed by atoms with E-state index in [-0.39, 0.29) is 5.91 Å². The minimum absolute atomic E-state index is 0.253. The average molecular weight is 274 g/mol. The molecule has 2 heterocycles. The molecule has 20 heavy (non-hydrogen) atoms. The molecular formula is C13H18N6O. The Bertz CT molecular complexity index is 598. The first-order valence-corrected chi connectivity index (χ1v) is 6.84. The summed E-state index contributed by atoms with van der Waals surface area (Å²) in [5, 5.41) is 13.8. The topological polar surface area (TPSA) is 102 Å². The summed E-state index contributed by atoms with van der Waals surface area (Å²) in [5.74, 6) is 1.13. The number of rotatable bonds is 5. The van der Waals surface area contributed by atoms with E-state index in [0.29, 0.717) is 24.0 Å². The van der Waals surface area contributed by atoms with Crippen LogP contribution in [0.3, 0.4) is 0 Å². The summed E-state index contributed by atoms with van der Waals surface area (Å²) in [6, 6.07) is 3.45. The van der Waals surface area contributed by atoms with Gasteiger partial charge in [-0.3, -0.25) is 9.89 Å². The first-order chi connectivity index (χ1) is 9.76. The van der Waals surface area contributed by atoms with Gasteiger partial charge in [0, 0.05) is 24.8 Å². The van der Waals surface area contributed by atoms with Crippen LogP contribution in [0.5, 0.6) is 0 Å². The minimum Gasteiger partial charge on any atom is -0.325 e. The van der Waals surface area contributed by atoms with Crippen molar-refractivity contribution in [1.29, 1.82) is 0 Å². The first kappa shape index (κ1) is 12.9. The van der Waals surface area contributed by atoms with E-state index in [4.69, 9.17) is 5.73 Å². The van der Waals surface area contributed by atoms with Crippen molar-refractivity contribution >= 4 is 11.7 Å². The van der Waals surface area contributed by atoms with Gasteiger partial charge >= 0.3 is 0 Å². The van der Waals surface area contributed by atoms with Gasteiger partial charge in [0.1, 0.15) is 5.82 Å². The van der Waals surface area contributed by atoms with E-state index >= 15 is 0 Å². The molecule has 1 amide bonds. The van der Waals surface area contributed by atoms with Crippen LogP contribution in [0.1, 0.15) is 35.4 Å². The van der Waals surface area contributed by atoms with Crippen molar-refractivity contribution in [2.24, 2.45) is 11.7 Å². The molecule has 3 rings (SSSR count). The highest BCUT2D eigenvalue weighted by atomic mass is 16.2. The Hall–Kier alpha value is -2.15. The number of aromatic nitrogens is 4. The quantitative estimate of drug-likeness (QED) is 0.760. The highest BCUT2D eigenvalue weighted by Gasteiger charge is 2.20. The normalized spacial score (nSPS) is 15.1. The summed E-state index contributed by atoms with van der Waals surface area (Å²) < 4.78 is 1.85. The molecule has 0 saturated heterocycles. The van der Waals surface area contributed by atoms with E-state index in [2.05, 4.69) is 20.6 Å². The van der Waals surface area contributed by atoms with Gasteiger partial charge in [0.25, 0.3) is 5.91 Å². The maximum Gasteiger partial charge on any atom is 0.277 e. The van der Waals surface area contributed by atoms with Crippen molar-refractivity contribution in [3.8, 4) is 0 Å². The second kappa shape index (κ2) is 5.46. The molecule has 0 radical (unpaired) electrons. The third-order valence-electron chi connectivity index (χ3n) is 3.70. The molecule has 2 aromatic heterocycles. The van der Waals surface area contributed by atoms with Crippen molar-refractivity contribution in [2.75, 3.05) is 5.32 Å². The van der Waals surface area contributed by atoms with Crippen LogP contribution >= 0.6 is 0 Å². The molecule has 0 atom stereocenters. The van der Waals surface area contributed by atoms with Gasteiger partial charge in [-0.2, -0.15) is 10.2 Å². The summed E-state index contributed by atoms with van der Waals surface area (Å²) in [7, 11) is 0. The molecule has 1 aliphatic rings. The molecule has 1 saturated carbocycles. The highest BCUT2D eigenvalue weighted by molar-refractivity contribution is 6.02. The molecule has 2 aromatic rings. The number of anilines is 1. The number of hydrogen-bond donors (Lipinski definition) is 3. The van der Waals surface area contributed by atoms with E-state index in [0.717, 1.165) is 12.2 Å². The van der Waals surface area contributed by atoms with E-state index < -0.39 is 0 Å². The zero-order valence-electron chi connectivity index (χ0n) is 11.2. The van der Waals surface area contributed by atoms with E-state index in [9.17, 15) is 4.79 Å². The summed E-state index contributed by atoms with van der Waals surface area (Å²) >= 11 is 0. The van der Waals surface area contributed by atoms with Gasteiger partial charge < -0.3 is 11.1 Å². The van der Waals surface area contributed by atoms with Gasteiger partial charge in [-0.15, -0.1) is 0 Å². The number of nitrogens with one attached hydrogen (secondary N) is 2. The van der Waals surface area contributed by atoms with E-state index in [1.165, 1.54) is 19.3 Å². The van der Waals surface area contributed by atoms with Gasteiger partial charge in [-0.1, -0.05) is 6.42 Å². The van der Waals surface area contributed by atoms with Crippen LogP contribution < -0.4 is 11.1 Å². The van der Waals surface area contributed by atoms with Gasteiger partial charge in [0.2, 0.25) is 0 Å². The smallest absolute Gasteiger partial charge is 0.277 e. The average Bonchev–Trinajstić information content (AvgIpc) is 3.02. The zero-order valence-corrected chi connectivity index (χ0v) is 11.2. The van der Waals surface area contributed by atoms with Crippen LogP contribution in [0, 0.1) is 5.92 Å². The molecule has 4 N–H and O–H groups in total. The third kappa shape index (κ3) is 2.57. The molecule has 7 heteroatoms. The number of nitrogens with two attached hydrogens (primary N) is 1. The lowest BCUT2D eigenvalue weighted by Gasteiger charge is -2.25. The lowest BCUT2D eigenvalue weighted by atomic mass is 9.85. The molecule has 106 valence electrons. The Balaban J connectivity index is 1.67. The van der Waals surface area contributed by atoms with Crippen LogP contribution in [0.4, 0.5) is 5.82 Å². The van der Waals surface area contributed by atoms with Crippen molar-refractivity contribution in [1.82, 2.24) is 20.0 Å². The fourth-order valence-electron chi connectivity index (χ4n) is 2.27. The number of carbonyl (C=O) groups is 1. The molecular weight excluding hydrogens is 256 g/mol. The largest absolute Gasteiger partial charge is 0.325 e. The Labute approximate surface area is 116 Å². The lowest BCUT2D eigenvalue weighted by molar-refractivity contribution is 0.102. The standard InChI is InChI=1S/C13H18N6O/c14-7-10-6-11(18-17-10)13(20)16-12-4-5-15-19(12)8-9-2-1-3-9/h4-6,9H,1-3,7-8,14H2,(H,16,20)(H,17,18). The molecule has 0 aliphatic heterocycles. The SMILES string of the molecule is NCc1cc(C(=O)Nc2ccnn2CC2CCC2)n[nH]1. The van der Waals surface area contributed by atoms with Crippen LogP contribution in [0.25, 0.3) is 0 Å². The predicted molar refractivity (Wildman–Crippen MR) is 74.0 cm³/mol. The maximum atomic E-state index is 12.1. The molecule has 7 nitrogen and oxygen atoms in total. The van der Waals surface area contributed by atoms with Crippen molar-refractivity contribution in [3.63, 3.8) is 0 Å². The van der Waals surface area contributed by atoms with Gasteiger partial charge in [0.05, 0.1) is 6.20 Å². The molecule has 0 unspecified atom stereocenters.